The number of aromatic nitrogens is 2. The van der Waals surface area contributed by atoms with Gasteiger partial charge in [0, 0.05) is 6.20 Å². The van der Waals surface area contributed by atoms with E-state index in [4.69, 9.17) is 17.3 Å². The van der Waals surface area contributed by atoms with Gasteiger partial charge in [-0.25, -0.2) is 9.97 Å². The van der Waals surface area contributed by atoms with Crippen LogP contribution in [0.4, 0.5) is 10.8 Å². The van der Waals surface area contributed by atoms with Crippen LogP contribution in [0.3, 0.4) is 0 Å². The standard InChI is InChI=1S/C9H7ClN4OS/c10-7-5(2-1-3-12-7)14-9-13-4-6(16-9)8(11)15/h1-4H,(H2,11,15)(H,13,14). The minimum absolute atomic E-state index is 0.346. The van der Waals surface area contributed by atoms with Crippen molar-refractivity contribution in [2.45, 2.75) is 0 Å². The van der Waals surface area contributed by atoms with Crippen LogP contribution in [0.2, 0.25) is 5.15 Å². The lowest BCUT2D eigenvalue weighted by Gasteiger charge is -2.02. The number of carbonyl (C=O) groups is 1. The molecule has 1 amide bonds. The summed E-state index contributed by atoms with van der Waals surface area (Å²) in [6.45, 7) is 0. The van der Waals surface area contributed by atoms with Gasteiger partial charge in [-0.1, -0.05) is 22.9 Å². The maximum absolute atomic E-state index is 10.9. The molecule has 0 atom stereocenters. The molecule has 2 aromatic rings. The molecule has 3 N–H and O–H groups in total. The zero-order valence-corrected chi connectivity index (χ0v) is 9.55. The average molecular weight is 255 g/mol. The number of carbonyl (C=O) groups excluding carboxylic acids is 1. The van der Waals surface area contributed by atoms with Crippen LogP contribution in [0.1, 0.15) is 9.67 Å². The maximum atomic E-state index is 10.9. The van der Waals surface area contributed by atoms with Crippen LogP contribution in [0.15, 0.2) is 24.5 Å². The molecule has 0 aliphatic heterocycles. The summed E-state index contributed by atoms with van der Waals surface area (Å²) >= 11 is 7.02. The number of hydrogen-bond acceptors (Lipinski definition) is 5. The van der Waals surface area contributed by atoms with Crippen molar-refractivity contribution in [1.29, 1.82) is 0 Å². The number of hydrogen-bond donors (Lipinski definition) is 2. The molecular weight excluding hydrogens is 248 g/mol. The first-order valence-corrected chi connectivity index (χ1v) is 5.49. The highest BCUT2D eigenvalue weighted by molar-refractivity contribution is 7.17. The quantitative estimate of drug-likeness (QED) is 0.822. The molecule has 0 aromatic carbocycles. The van der Waals surface area contributed by atoms with Crippen LogP contribution in [-0.4, -0.2) is 15.9 Å². The summed E-state index contributed by atoms with van der Waals surface area (Å²) < 4.78 is 0. The number of rotatable bonds is 3. The summed E-state index contributed by atoms with van der Waals surface area (Å²) in [5.41, 5.74) is 5.75. The number of thiazole rings is 1. The Balaban J connectivity index is 2.21. The van der Waals surface area contributed by atoms with Crippen LogP contribution in [0, 0.1) is 0 Å². The molecule has 7 heteroatoms. The van der Waals surface area contributed by atoms with Crippen molar-refractivity contribution in [2.24, 2.45) is 5.73 Å². The Morgan fingerprint density at radius 3 is 2.94 bits per heavy atom. The van der Waals surface area contributed by atoms with Crippen LogP contribution in [0.5, 0.6) is 0 Å². The number of nitrogens with two attached hydrogens (primary N) is 1. The van der Waals surface area contributed by atoms with Gasteiger partial charge in [-0.3, -0.25) is 4.79 Å². The van der Waals surface area contributed by atoms with Gasteiger partial charge in [0.25, 0.3) is 5.91 Å². The van der Waals surface area contributed by atoms with Gasteiger partial charge in [0.05, 0.1) is 11.9 Å². The number of anilines is 2. The highest BCUT2D eigenvalue weighted by Crippen LogP contribution is 2.25. The smallest absolute Gasteiger partial charge is 0.260 e. The summed E-state index contributed by atoms with van der Waals surface area (Å²) in [6.07, 6.45) is 3.00. The van der Waals surface area contributed by atoms with E-state index >= 15 is 0 Å². The van der Waals surface area contributed by atoms with Crippen molar-refractivity contribution in [3.63, 3.8) is 0 Å². The monoisotopic (exact) mass is 254 g/mol. The van der Waals surface area contributed by atoms with Crippen LogP contribution < -0.4 is 11.1 Å². The second-order valence-electron chi connectivity index (χ2n) is 2.86. The predicted molar refractivity (Wildman–Crippen MR) is 63.2 cm³/mol. The fourth-order valence-electron chi connectivity index (χ4n) is 1.04. The van der Waals surface area contributed by atoms with Crippen molar-refractivity contribution in [3.05, 3.63) is 34.6 Å². The molecule has 0 radical (unpaired) electrons. The van der Waals surface area contributed by atoms with E-state index < -0.39 is 5.91 Å². The van der Waals surface area contributed by atoms with Gasteiger partial charge in [-0.15, -0.1) is 0 Å². The molecule has 0 fully saturated rings. The van der Waals surface area contributed by atoms with Gasteiger partial charge in [0.15, 0.2) is 10.3 Å². The minimum atomic E-state index is -0.497. The Kier molecular flexibility index (Phi) is 3.02. The first-order valence-electron chi connectivity index (χ1n) is 4.30. The van der Waals surface area contributed by atoms with E-state index in [1.54, 1.807) is 18.3 Å². The minimum Gasteiger partial charge on any atom is -0.365 e. The van der Waals surface area contributed by atoms with Gasteiger partial charge in [-0.05, 0) is 12.1 Å². The highest BCUT2D eigenvalue weighted by atomic mass is 35.5. The summed E-state index contributed by atoms with van der Waals surface area (Å²) in [6, 6.07) is 3.51. The summed E-state index contributed by atoms with van der Waals surface area (Å²) in [7, 11) is 0. The molecule has 2 heterocycles. The van der Waals surface area contributed by atoms with Gasteiger partial charge in [0.1, 0.15) is 4.88 Å². The largest absolute Gasteiger partial charge is 0.365 e. The topological polar surface area (TPSA) is 80.9 Å². The van der Waals surface area contributed by atoms with Crippen LogP contribution >= 0.6 is 22.9 Å². The Labute approximate surface area is 100 Å². The van der Waals surface area contributed by atoms with E-state index in [-0.39, 0.29) is 0 Å². The average Bonchev–Trinajstić information content (AvgIpc) is 2.70. The van der Waals surface area contributed by atoms with E-state index in [2.05, 4.69) is 15.3 Å². The van der Waals surface area contributed by atoms with E-state index in [0.29, 0.717) is 20.8 Å². The second-order valence-corrected chi connectivity index (χ2v) is 4.25. The number of pyridine rings is 1. The lowest BCUT2D eigenvalue weighted by Crippen LogP contribution is -2.08. The molecule has 82 valence electrons. The summed E-state index contributed by atoms with van der Waals surface area (Å²) in [5, 5.41) is 3.84. The zero-order chi connectivity index (χ0) is 11.5. The first-order chi connectivity index (χ1) is 7.66. The lowest BCUT2D eigenvalue weighted by molar-refractivity contribution is 0.100. The van der Waals surface area contributed by atoms with Gasteiger partial charge >= 0.3 is 0 Å². The Bertz CT molecular complexity index is 528. The number of nitrogens with one attached hydrogen (secondary N) is 1. The first kappa shape index (κ1) is 10.8. The number of halogens is 1. The third kappa shape index (κ3) is 2.29. The zero-order valence-electron chi connectivity index (χ0n) is 7.98. The molecule has 0 spiro atoms. The number of amides is 1. The van der Waals surface area contributed by atoms with E-state index in [1.807, 2.05) is 0 Å². The fourth-order valence-corrected chi connectivity index (χ4v) is 1.89. The van der Waals surface area contributed by atoms with Crippen LogP contribution in [0.25, 0.3) is 0 Å². The lowest BCUT2D eigenvalue weighted by atomic mass is 10.4. The molecular formula is C9H7ClN4OS. The van der Waals surface area contributed by atoms with Crippen molar-refractivity contribution < 1.29 is 4.79 Å². The van der Waals surface area contributed by atoms with Gasteiger partial charge in [0.2, 0.25) is 0 Å². The molecule has 0 saturated heterocycles. The van der Waals surface area contributed by atoms with E-state index in [1.165, 1.54) is 6.20 Å². The van der Waals surface area contributed by atoms with E-state index in [9.17, 15) is 4.79 Å². The molecule has 0 unspecified atom stereocenters. The third-order valence-electron chi connectivity index (χ3n) is 1.75. The molecule has 2 rings (SSSR count). The highest BCUT2D eigenvalue weighted by Gasteiger charge is 2.08. The number of primary amides is 1. The van der Waals surface area contributed by atoms with Crippen molar-refractivity contribution in [1.82, 2.24) is 9.97 Å². The molecule has 2 aromatic heterocycles. The summed E-state index contributed by atoms with van der Waals surface area (Å²) in [4.78, 5) is 19.2. The Hall–Kier alpha value is -1.66. The van der Waals surface area contributed by atoms with Crippen molar-refractivity contribution >= 4 is 39.7 Å². The van der Waals surface area contributed by atoms with Crippen LogP contribution in [-0.2, 0) is 0 Å². The Morgan fingerprint density at radius 2 is 2.31 bits per heavy atom. The molecule has 0 bridgehead atoms. The van der Waals surface area contributed by atoms with E-state index in [0.717, 1.165) is 11.3 Å². The molecule has 5 nitrogen and oxygen atoms in total. The normalized spacial score (nSPS) is 10.1. The summed E-state index contributed by atoms with van der Waals surface area (Å²) in [5.74, 6) is -0.497. The molecule has 0 aliphatic rings. The molecule has 16 heavy (non-hydrogen) atoms. The number of nitrogens with zero attached hydrogens (tertiary/aromatic N) is 2. The van der Waals surface area contributed by atoms with Gasteiger partial charge < -0.3 is 11.1 Å². The molecule has 0 aliphatic carbocycles. The Morgan fingerprint density at radius 1 is 1.50 bits per heavy atom. The fraction of sp³-hybridized carbons (Fsp3) is 0. The van der Waals surface area contributed by atoms with Crippen molar-refractivity contribution in [2.75, 3.05) is 5.32 Å². The third-order valence-corrected chi connectivity index (χ3v) is 2.98. The predicted octanol–water partition coefficient (Wildman–Crippen LogP) is 2.03. The SMILES string of the molecule is NC(=O)c1cnc(Nc2cccnc2Cl)s1. The second kappa shape index (κ2) is 4.46. The maximum Gasteiger partial charge on any atom is 0.260 e. The van der Waals surface area contributed by atoms with Crippen molar-refractivity contribution in [3.8, 4) is 0 Å². The molecule has 0 saturated carbocycles. The van der Waals surface area contributed by atoms with Gasteiger partial charge in [-0.2, -0.15) is 0 Å².